The number of nitrogens with one attached hydrogen (secondary N) is 2. The van der Waals surface area contributed by atoms with Gasteiger partial charge in [-0.15, -0.1) is 0 Å². The molecule has 2 amide bonds. The summed E-state index contributed by atoms with van der Waals surface area (Å²) in [4.78, 5) is 16.2. The second-order valence-electron chi connectivity index (χ2n) is 6.79. The molecule has 0 aliphatic heterocycles. The molecule has 1 fully saturated rings. The Morgan fingerprint density at radius 1 is 1.16 bits per heavy atom. The molecule has 3 N–H and O–H groups in total. The zero-order chi connectivity index (χ0) is 17.7. The molecule has 5 nitrogen and oxygen atoms in total. The second kappa shape index (κ2) is 7.66. The van der Waals surface area contributed by atoms with E-state index >= 15 is 0 Å². The van der Waals surface area contributed by atoms with E-state index in [1.165, 1.54) is 0 Å². The van der Waals surface area contributed by atoms with Gasteiger partial charge in [-0.1, -0.05) is 30.3 Å². The number of urea groups is 1. The smallest absolute Gasteiger partial charge is 0.315 e. The highest BCUT2D eigenvalue weighted by atomic mass is 16.3. The fraction of sp³-hybridized carbons (Fsp3) is 0.400. The zero-order valence-electron chi connectivity index (χ0n) is 14.5. The van der Waals surface area contributed by atoms with Gasteiger partial charge in [-0.2, -0.15) is 0 Å². The molecule has 132 valence electrons. The first kappa shape index (κ1) is 17.4. The van der Waals surface area contributed by atoms with E-state index in [0.717, 1.165) is 24.0 Å². The number of aliphatic hydroxyl groups is 1. The van der Waals surface area contributed by atoms with Crippen molar-refractivity contribution in [3.05, 3.63) is 66.0 Å². The van der Waals surface area contributed by atoms with Crippen molar-refractivity contribution in [2.45, 2.75) is 50.3 Å². The number of carbonyl (C=O) groups is 1. The summed E-state index contributed by atoms with van der Waals surface area (Å²) in [7, 11) is 0. The first-order valence-electron chi connectivity index (χ1n) is 8.82. The summed E-state index contributed by atoms with van der Waals surface area (Å²) in [6, 6.07) is 13.4. The minimum absolute atomic E-state index is 0.0761. The standard InChI is InChI=1S/C20H25N3O2/c1-15(16-9-13-21-14-10-16)22-19(24)23-18-7-11-20(25,12-8-18)17-5-3-2-4-6-17/h2-6,9-10,13-15,18,25H,7-8,11-12H2,1H3,(H2,22,23,24)/t15-,18?,20?/m1/s1. The van der Waals surface area contributed by atoms with Crippen LogP contribution in [0.2, 0.25) is 0 Å². The molecular formula is C20H25N3O2. The molecule has 1 aromatic heterocycles. The minimum Gasteiger partial charge on any atom is -0.385 e. The summed E-state index contributed by atoms with van der Waals surface area (Å²) >= 11 is 0. The Bertz CT molecular complexity index is 683. The van der Waals surface area contributed by atoms with Gasteiger partial charge in [-0.05, 0) is 55.9 Å². The fourth-order valence-corrected chi connectivity index (χ4v) is 3.44. The lowest BCUT2D eigenvalue weighted by Crippen LogP contribution is -2.46. The number of hydrogen-bond acceptors (Lipinski definition) is 3. The van der Waals surface area contributed by atoms with Crippen LogP contribution in [0, 0.1) is 0 Å². The molecule has 1 aliphatic carbocycles. The maximum absolute atomic E-state index is 12.2. The third-order valence-electron chi connectivity index (χ3n) is 5.01. The molecule has 0 spiro atoms. The van der Waals surface area contributed by atoms with Crippen LogP contribution >= 0.6 is 0 Å². The van der Waals surface area contributed by atoms with Gasteiger partial charge in [0.25, 0.3) is 0 Å². The van der Waals surface area contributed by atoms with E-state index in [0.29, 0.717) is 12.8 Å². The van der Waals surface area contributed by atoms with Crippen LogP contribution in [0.5, 0.6) is 0 Å². The van der Waals surface area contributed by atoms with Gasteiger partial charge in [-0.25, -0.2) is 4.79 Å². The van der Waals surface area contributed by atoms with Crippen molar-refractivity contribution in [2.24, 2.45) is 0 Å². The number of nitrogens with zero attached hydrogens (tertiary/aromatic N) is 1. The Morgan fingerprint density at radius 2 is 1.80 bits per heavy atom. The van der Waals surface area contributed by atoms with Crippen LogP contribution in [0.4, 0.5) is 4.79 Å². The van der Waals surface area contributed by atoms with E-state index in [1.54, 1.807) is 12.4 Å². The largest absolute Gasteiger partial charge is 0.385 e. The number of hydrogen-bond donors (Lipinski definition) is 3. The van der Waals surface area contributed by atoms with Crippen molar-refractivity contribution in [1.82, 2.24) is 15.6 Å². The Labute approximate surface area is 148 Å². The van der Waals surface area contributed by atoms with Gasteiger partial charge in [0.1, 0.15) is 0 Å². The summed E-state index contributed by atoms with van der Waals surface area (Å²) in [5.74, 6) is 0. The van der Waals surface area contributed by atoms with Crippen LogP contribution in [0.15, 0.2) is 54.9 Å². The molecule has 0 unspecified atom stereocenters. The van der Waals surface area contributed by atoms with Crippen molar-refractivity contribution in [1.29, 1.82) is 0 Å². The molecule has 1 atom stereocenters. The lowest BCUT2D eigenvalue weighted by atomic mass is 9.78. The second-order valence-corrected chi connectivity index (χ2v) is 6.79. The number of benzene rings is 1. The maximum atomic E-state index is 12.2. The average Bonchev–Trinajstić information content (AvgIpc) is 2.65. The highest BCUT2D eigenvalue weighted by Crippen LogP contribution is 2.36. The van der Waals surface area contributed by atoms with Crippen LogP contribution in [0.25, 0.3) is 0 Å². The Kier molecular flexibility index (Phi) is 5.34. The van der Waals surface area contributed by atoms with Gasteiger partial charge in [0.15, 0.2) is 0 Å². The minimum atomic E-state index is -0.778. The summed E-state index contributed by atoms with van der Waals surface area (Å²) in [6.07, 6.45) is 6.28. The molecule has 1 aliphatic rings. The molecule has 25 heavy (non-hydrogen) atoms. The summed E-state index contributed by atoms with van der Waals surface area (Å²) < 4.78 is 0. The third kappa shape index (κ3) is 4.37. The molecule has 0 radical (unpaired) electrons. The van der Waals surface area contributed by atoms with Gasteiger partial charge in [0, 0.05) is 18.4 Å². The molecular weight excluding hydrogens is 314 g/mol. The van der Waals surface area contributed by atoms with Crippen LogP contribution in [0.1, 0.15) is 49.8 Å². The van der Waals surface area contributed by atoms with E-state index in [4.69, 9.17) is 0 Å². The van der Waals surface area contributed by atoms with Gasteiger partial charge < -0.3 is 15.7 Å². The highest BCUT2D eigenvalue weighted by molar-refractivity contribution is 5.74. The Hall–Kier alpha value is -2.40. The quantitative estimate of drug-likeness (QED) is 0.800. The van der Waals surface area contributed by atoms with Crippen molar-refractivity contribution in [3.63, 3.8) is 0 Å². The van der Waals surface area contributed by atoms with Crippen LogP contribution in [-0.2, 0) is 5.60 Å². The van der Waals surface area contributed by atoms with E-state index < -0.39 is 5.60 Å². The van der Waals surface area contributed by atoms with Crippen molar-refractivity contribution >= 4 is 6.03 Å². The summed E-state index contributed by atoms with van der Waals surface area (Å²) in [5.41, 5.74) is 1.21. The number of aromatic nitrogens is 1. The number of pyridine rings is 1. The van der Waals surface area contributed by atoms with Crippen molar-refractivity contribution in [2.75, 3.05) is 0 Å². The van der Waals surface area contributed by atoms with Gasteiger partial charge in [0.05, 0.1) is 11.6 Å². The Balaban J connectivity index is 1.50. The Morgan fingerprint density at radius 3 is 2.44 bits per heavy atom. The maximum Gasteiger partial charge on any atom is 0.315 e. The number of amides is 2. The number of rotatable bonds is 4. The molecule has 0 bridgehead atoms. The van der Waals surface area contributed by atoms with Crippen molar-refractivity contribution < 1.29 is 9.90 Å². The molecule has 1 heterocycles. The molecule has 1 aromatic carbocycles. The molecule has 1 saturated carbocycles. The predicted molar refractivity (Wildman–Crippen MR) is 96.9 cm³/mol. The van der Waals surface area contributed by atoms with Gasteiger partial charge in [0.2, 0.25) is 0 Å². The lowest BCUT2D eigenvalue weighted by molar-refractivity contribution is -0.00735. The molecule has 2 aromatic rings. The van der Waals surface area contributed by atoms with E-state index in [2.05, 4.69) is 15.6 Å². The third-order valence-corrected chi connectivity index (χ3v) is 5.01. The molecule has 0 saturated heterocycles. The normalized spacial score (nSPS) is 24.3. The fourth-order valence-electron chi connectivity index (χ4n) is 3.44. The zero-order valence-corrected chi connectivity index (χ0v) is 14.5. The monoisotopic (exact) mass is 339 g/mol. The summed E-state index contributed by atoms with van der Waals surface area (Å²) in [6.45, 7) is 1.95. The van der Waals surface area contributed by atoms with E-state index in [-0.39, 0.29) is 18.1 Å². The van der Waals surface area contributed by atoms with Crippen LogP contribution < -0.4 is 10.6 Å². The first-order valence-corrected chi connectivity index (χ1v) is 8.82. The SMILES string of the molecule is C[C@@H](NC(=O)NC1CCC(O)(c2ccccc2)CC1)c1ccncc1. The van der Waals surface area contributed by atoms with E-state index in [1.807, 2.05) is 49.4 Å². The predicted octanol–water partition coefficient (Wildman–Crippen LogP) is 3.27. The molecule has 5 heteroatoms. The van der Waals surface area contributed by atoms with Gasteiger partial charge >= 0.3 is 6.03 Å². The first-order chi connectivity index (χ1) is 12.1. The van der Waals surface area contributed by atoms with Crippen LogP contribution in [0.3, 0.4) is 0 Å². The van der Waals surface area contributed by atoms with Crippen LogP contribution in [-0.4, -0.2) is 22.2 Å². The number of carbonyl (C=O) groups excluding carboxylic acids is 1. The summed E-state index contributed by atoms with van der Waals surface area (Å²) in [5, 5.41) is 16.8. The van der Waals surface area contributed by atoms with E-state index in [9.17, 15) is 9.90 Å². The van der Waals surface area contributed by atoms with Crippen molar-refractivity contribution in [3.8, 4) is 0 Å². The average molecular weight is 339 g/mol. The topological polar surface area (TPSA) is 74.2 Å². The molecule has 3 rings (SSSR count). The highest BCUT2D eigenvalue weighted by Gasteiger charge is 2.35. The lowest BCUT2D eigenvalue weighted by Gasteiger charge is -2.36. The van der Waals surface area contributed by atoms with Gasteiger partial charge in [-0.3, -0.25) is 4.98 Å².